The zero-order chi connectivity index (χ0) is 17.9. The SMILES string of the molecule is Cc1c(C(=O)CCc2ccccc2)cccc1-n1nnc2cccnc21. The number of fused-ring (bicyclic) bond motifs is 1. The van der Waals surface area contributed by atoms with E-state index in [1.807, 2.05) is 67.6 Å². The maximum absolute atomic E-state index is 12.8. The van der Waals surface area contributed by atoms with Gasteiger partial charge < -0.3 is 0 Å². The Kier molecular flexibility index (Phi) is 4.27. The van der Waals surface area contributed by atoms with Gasteiger partial charge in [-0.15, -0.1) is 5.10 Å². The van der Waals surface area contributed by atoms with Crippen LogP contribution in [0.2, 0.25) is 0 Å². The van der Waals surface area contributed by atoms with Crippen LogP contribution in [0.25, 0.3) is 16.9 Å². The molecule has 0 fully saturated rings. The molecule has 0 atom stereocenters. The second-order valence-electron chi connectivity index (χ2n) is 6.21. The molecule has 4 aromatic rings. The highest BCUT2D eigenvalue weighted by Crippen LogP contribution is 2.22. The van der Waals surface area contributed by atoms with Gasteiger partial charge in [0.15, 0.2) is 11.4 Å². The van der Waals surface area contributed by atoms with E-state index in [9.17, 15) is 4.79 Å². The Hall–Kier alpha value is -3.34. The van der Waals surface area contributed by atoms with Gasteiger partial charge in [0.05, 0.1) is 5.69 Å². The first-order valence-corrected chi connectivity index (χ1v) is 8.57. The van der Waals surface area contributed by atoms with E-state index in [0.29, 0.717) is 12.1 Å². The van der Waals surface area contributed by atoms with Crippen LogP contribution in [-0.2, 0) is 6.42 Å². The molecule has 128 valence electrons. The van der Waals surface area contributed by atoms with Crippen LogP contribution in [-0.4, -0.2) is 25.8 Å². The van der Waals surface area contributed by atoms with Crippen LogP contribution in [0.4, 0.5) is 0 Å². The minimum Gasteiger partial charge on any atom is -0.294 e. The molecule has 0 amide bonds. The Labute approximate surface area is 151 Å². The van der Waals surface area contributed by atoms with Gasteiger partial charge in [-0.3, -0.25) is 4.79 Å². The third-order valence-electron chi connectivity index (χ3n) is 4.53. The van der Waals surface area contributed by atoms with Gasteiger partial charge in [-0.2, -0.15) is 4.68 Å². The molecule has 0 unspecified atom stereocenters. The number of aromatic nitrogens is 4. The predicted molar refractivity (Wildman–Crippen MR) is 100 cm³/mol. The Morgan fingerprint density at radius 3 is 2.69 bits per heavy atom. The molecule has 26 heavy (non-hydrogen) atoms. The molecule has 2 heterocycles. The number of hydrogen-bond donors (Lipinski definition) is 0. The summed E-state index contributed by atoms with van der Waals surface area (Å²) in [4.78, 5) is 17.1. The molecular weight excluding hydrogens is 324 g/mol. The maximum atomic E-state index is 12.8. The number of carbonyl (C=O) groups excluding carboxylic acids is 1. The smallest absolute Gasteiger partial charge is 0.183 e. The van der Waals surface area contributed by atoms with E-state index in [0.717, 1.165) is 28.8 Å². The van der Waals surface area contributed by atoms with Crippen molar-refractivity contribution in [3.05, 3.63) is 83.6 Å². The lowest BCUT2D eigenvalue weighted by Crippen LogP contribution is -2.08. The minimum absolute atomic E-state index is 0.130. The van der Waals surface area contributed by atoms with Crippen molar-refractivity contribution in [2.24, 2.45) is 0 Å². The van der Waals surface area contributed by atoms with Gasteiger partial charge in [-0.1, -0.05) is 47.7 Å². The molecule has 0 saturated carbocycles. The van der Waals surface area contributed by atoms with E-state index >= 15 is 0 Å². The van der Waals surface area contributed by atoms with Crippen molar-refractivity contribution in [2.45, 2.75) is 19.8 Å². The number of hydrogen-bond acceptors (Lipinski definition) is 4. The quantitative estimate of drug-likeness (QED) is 0.515. The van der Waals surface area contributed by atoms with Crippen molar-refractivity contribution < 1.29 is 4.79 Å². The van der Waals surface area contributed by atoms with Crippen molar-refractivity contribution in [3.63, 3.8) is 0 Å². The van der Waals surface area contributed by atoms with E-state index in [-0.39, 0.29) is 5.78 Å². The Balaban J connectivity index is 1.64. The lowest BCUT2D eigenvalue weighted by atomic mass is 9.98. The summed E-state index contributed by atoms with van der Waals surface area (Å²) in [7, 11) is 0. The summed E-state index contributed by atoms with van der Waals surface area (Å²) in [6.45, 7) is 1.95. The van der Waals surface area contributed by atoms with Crippen molar-refractivity contribution in [1.29, 1.82) is 0 Å². The van der Waals surface area contributed by atoms with Gasteiger partial charge in [-0.25, -0.2) is 4.98 Å². The van der Waals surface area contributed by atoms with Crippen molar-refractivity contribution >= 4 is 16.9 Å². The van der Waals surface area contributed by atoms with Crippen molar-refractivity contribution in [1.82, 2.24) is 20.0 Å². The van der Waals surface area contributed by atoms with Crippen LogP contribution in [0.15, 0.2) is 66.9 Å². The lowest BCUT2D eigenvalue weighted by Gasteiger charge is -2.10. The zero-order valence-electron chi connectivity index (χ0n) is 14.5. The first-order chi connectivity index (χ1) is 12.7. The van der Waals surface area contributed by atoms with Crippen LogP contribution in [0.5, 0.6) is 0 Å². The lowest BCUT2D eigenvalue weighted by molar-refractivity contribution is 0.0982. The zero-order valence-corrected chi connectivity index (χ0v) is 14.5. The number of pyridine rings is 1. The molecule has 0 radical (unpaired) electrons. The number of Topliss-reactive ketones (excluding diaryl/α,β-unsaturated/α-hetero) is 1. The minimum atomic E-state index is 0.130. The number of ketones is 1. The highest BCUT2D eigenvalue weighted by molar-refractivity contribution is 5.98. The van der Waals surface area contributed by atoms with Gasteiger partial charge in [0.1, 0.15) is 5.52 Å². The second kappa shape index (κ2) is 6.88. The molecule has 4 rings (SSSR count). The van der Waals surface area contributed by atoms with Crippen molar-refractivity contribution in [2.75, 3.05) is 0 Å². The number of carbonyl (C=O) groups is 1. The molecule has 0 aliphatic rings. The number of aryl methyl sites for hydroxylation is 1. The fraction of sp³-hybridized carbons (Fsp3) is 0.143. The maximum Gasteiger partial charge on any atom is 0.183 e. The molecule has 0 spiro atoms. The van der Waals surface area contributed by atoms with E-state index in [1.165, 1.54) is 5.56 Å². The highest BCUT2D eigenvalue weighted by Gasteiger charge is 2.15. The van der Waals surface area contributed by atoms with Gasteiger partial charge in [0.2, 0.25) is 0 Å². The average molecular weight is 342 g/mol. The van der Waals surface area contributed by atoms with Crippen LogP contribution in [0, 0.1) is 6.92 Å². The summed E-state index contributed by atoms with van der Waals surface area (Å²) < 4.78 is 1.69. The van der Waals surface area contributed by atoms with E-state index in [1.54, 1.807) is 10.9 Å². The van der Waals surface area contributed by atoms with Gasteiger partial charge >= 0.3 is 0 Å². The number of nitrogens with zero attached hydrogens (tertiary/aromatic N) is 4. The van der Waals surface area contributed by atoms with Crippen LogP contribution < -0.4 is 0 Å². The summed E-state index contributed by atoms with van der Waals surface area (Å²) in [6, 6.07) is 19.5. The van der Waals surface area contributed by atoms with Crippen LogP contribution >= 0.6 is 0 Å². The molecule has 0 aliphatic carbocycles. The van der Waals surface area contributed by atoms with Gasteiger partial charge in [0, 0.05) is 18.2 Å². The first-order valence-electron chi connectivity index (χ1n) is 8.57. The predicted octanol–water partition coefficient (Wildman–Crippen LogP) is 3.94. The number of benzene rings is 2. The fourth-order valence-electron chi connectivity index (χ4n) is 3.12. The Morgan fingerprint density at radius 2 is 1.85 bits per heavy atom. The largest absolute Gasteiger partial charge is 0.294 e. The molecule has 5 nitrogen and oxygen atoms in total. The van der Waals surface area contributed by atoms with Crippen LogP contribution in [0.1, 0.15) is 27.9 Å². The summed E-state index contributed by atoms with van der Waals surface area (Å²) in [5, 5.41) is 8.37. The molecule has 2 aromatic heterocycles. The highest BCUT2D eigenvalue weighted by atomic mass is 16.1. The summed E-state index contributed by atoms with van der Waals surface area (Å²) in [6.07, 6.45) is 2.92. The Morgan fingerprint density at radius 1 is 1.00 bits per heavy atom. The topological polar surface area (TPSA) is 60.7 Å². The summed E-state index contributed by atoms with van der Waals surface area (Å²) in [5.41, 5.74) is 5.02. The average Bonchev–Trinajstić information content (AvgIpc) is 3.11. The molecule has 0 aliphatic heterocycles. The first kappa shape index (κ1) is 16.1. The molecule has 0 bridgehead atoms. The molecule has 0 N–H and O–H groups in total. The number of rotatable bonds is 5. The summed E-state index contributed by atoms with van der Waals surface area (Å²) >= 11 is 0. The van der Waals surface area contributed by atoms with Gasteiger partial charge in [-0.05, 0) is 42.7 Å². The second-order valence-corrected chi connectivity index (χ2v) is 6.21. The fourth-order valence-corrected chi connectivity index (χ4v) is 3.12. The van der Waals surface area contributed by atoms with Crippen LogP contribution in [0.3, 0.4) is 0 Å². The normalized spacial score (nSPS) is 11.0. The third kappa shape index (κ3) is 2.99. The summed E-state index contributed by atoms with van der Waals surface area (Å²) in [5.74, 6) is 0.130. The van der Waals surface area contributed by atoms with Gasteiger partial charge in [0.25, 0.3) is 0 Å². The third-order valence-corrected chi connectivity index (χ3v) is 4.53. The molecular formula is C21H18N4O. The standard InChI is InChI=1S/C21H18N4O/c1-15-17(20(26)13-12-16-7-3-2-4-8-16)9-5-11-19(15)25-21-18(23-24-25)10-6-14-22-21/h2-11,14H,12-13H2,1H3. The van der Waals surface area contributed by atoms with E-state index in [2.05, 4.69) is 15.3 Å². The monoisotopic (exact) mass is 342 g/mol. The molecule has 5 heteroatoms. The van der Waals surface area contributed by atoms with E-state index < -0.39 is 0 Å². The molecule has 0 saturated heterocycles. The Bertz CT molecular complexity index is 1070. The van der Waals surface area contributed by atoms with Crippen molar-refractivity contribution in [3.8, 4) is 5.69 Å². The molecule has 2 aromatic carbocycles. The van der Waals surface area contributed by atoms with E-state index in [4.69, 9.17) is 0 Å².